The van der Waals surface area contributed by atoms with E-state index >= 15 is 0 Å². The summed E-state index contributed by atoms with van der Waals surface area (Å²) in [4.78, 5) is 14.8. The minimum atomic E-state index is -0.0766. The molecule has 4 aliphatic carbocycles. The lowest BCUT2D eigenvalue weighted by atomic mass is 9.53. The van der Waals surface area contributed by atoms with Gasteiger partial charge in [0.2, 0.25) is 11.7 Å². The van der Waals surface area contributed by atoms with Crippen LogP contribution in [0.3, 0.4) is 0 Å². The second-order valence-electron chi connectivity index (χ2n) is 7.39. The molecular weight excluding hydrogens is 375 g/mol. The van der Waals surface area contributed by atoms with Gasteiger partial charge in [-0.05, 0) is 49.2 Å². The Morgan fingerprint density at radius 1 is 1.10 bits per heavy atom. The van der Waals surface area contributed by atoms with Crippen LogP contribution >= 0.6 is 0 Å². The van der Waals surface area contributed by atoms with Crippen molar-refractivity contribution in [1.82, 2.24) is 4.90 Å². The lowest BCUT2D eigenvalue weighted by Crippen LogP contribution is -3.00. The number of rotatable bonds is 2. The summed E-state index contributed by atoms with van der Waals surface area (Å²) in [6.45, 7) is 0. The van der Waals surface area contributed by atoms with E-state index in [2.05, 4.69) is 0 Å². The van der Waals surface area contributed by atoms with E-state index in [4.69, 9.17) is 0 Å². The Bertz CT molecular complexity index is 484. The zero-order valence-electron chi connectivity index (χ0n) is 12.5. The minimum Gasteiger partial charge on any atom is -1.00 e. The quantitative estimate of drug-likeness (QED) is 0.503. The molecule has 4 saturated carbocycles. The molecule has 1 heterocycles. The van der Waals surface area contributed by atoms with Crippen LogP contribution in [0.2, 0.25) is 0 Å². The van der Waals surface area contributed by atoms with Crippen molar-refractivity contribution in [3.8, 4) is 0 Å². The molecule has 0 saturated heterocycles. The van der Waals surface area contributed by atoms with E-state index in [9.17, 15) is 4.91 Å². The van der Waals surface area contributed by atoms with Crippen molar-refractivity contribution < 1.29 is 28.7 Å². The molecule has 0 aromatic heterocycles. The molecule has 4 bridgehead atoms. The first-order valence-electron chi connectivity index (χ1n) is 7.90. The van der Waals surface area contributed by atoms with Gasteiger partial charge in [-0.2, -0.15) is 0 Å². The highest BCUT2D eigenvalue weighted by atomic mass is 127. The third-order valence-electron chi connectivity index (χ3n) is 5.74. The Labute approximate surface area is 143 Å². The van der Waals surface area contributed by atoms with Crippen LogP contribution in [0, 0.1) is 22.7 Å². The fourth-order valence-corrected chi connectivity index (χ4v) is 5.21. The van der Waals surface area contributed by atoms with E-state index in [-0.39, 0.29) is 29.5 Å². The van der Waals surface area contributed by atoms with Crippen LogP contribution in [0.15, 0.2) is 36.3 Å². The van der Waals surface area contributed by atoms with Crippen LogP contribution in [-0.4, -0.2) is 22.2 Å². The lowest BCUT2D eigenvalue weighted by molar-refractivity contribution is -0.588. The highest BCUT2D eigenvalue weighted by molar-refractivity contribution is 5.31. The van der Waals surface area contributed by atoms with E-state index in [0.717, 1.165) is 42.6 Å². The Balaban J connectivity index is 0.00000132. The van der Waals surface area contributed by atoms with Crippen LogP contribution < -0.4 is 24.0 Å². The zero-order chi connectivity index (χ0) is 13.7. The third kappa shape index (κ3) is 2.71. The van der Waals surface area contributed by atoms with E-state index in [1.54, 1.807) is 0 Å². The molecule has 3 nitrogen and oxygen atoms in total. The maximum Gasteiger partial charge on any atom is 0.228 e. The Hall–Kier alpha value is -0.650. The number of allylic oxidation sites excluding steroid dienone is 3. The second-order valence-corrected chi connectivity index (χ2v) is 7.39. The molecule has 0 N–H and O–H groups in total. The van der Waals surface area contributed by atoms with Crippen molar-refractivity contribution in [2.45, 2.75) is 44.1 Å². The van der Waals surface area contributed by atoms with Gasteiger partial charge in [0.15, 0.2) is 0 Å². The summed E-state index contributed by atoms with van der Waals surface area (Å²) in [5, 5.41) is 0. The van der Waals surface area contributed by atoms with E-state index < -0.39 is 0 Å². The Morgan fingerprint density at radius 3 is 2.05 bits per heavy atom. The predicted molar refractivity (Wildman–Crippen MR) is 78.7 cm³/mol. The molecule has 0 amide bonds. The molecule has 0 atom stereocenters. The summed E-state index contributed by atoms with van der Waals surface area (Å²) in [6, 6.07) is 0. The van der Waals surface area contributed by atoms with Crippen molar-refractivity contribution in [3.05, 3.63) is 41.2 Å². The summed E-state index contributed by atoms with van der Waals surface area (Å²) in [5.41, 5.74) is 0.945. The molecule has 1 aliphatic heterocycles. The molecule has 114 valence electrons. The van der Waals surface area contributed by atoms with Crippen molar-refractivity contribution in [3.63, 3.8) is 0 Å². The van der Waals surface area contributed by atoms with Gasteiger partial charge in [0, 0.05) is 54.0 Å². The topological polar surface area (TPSA) is 23.3 Å². The summed E-state index contributed by atoms with van der Waals surface area (Å²) >= 11 is 0. The molecule has 0 aromatic rings. The van der Waals surface area contributed by atoms with Gasteiger partial charge in [-0.15, -0.1) is 0 Å². The highest BCUT2D eigenvalue weighted by Gasteiger charge is 2.59. The van der Waals surface area contributed by atoms with Crippen LogP contribution in [0.4, 0.5) is 0 Å². The van der Waals surface area contributed by atoms with Gasteiger partial charge in [-0.3, -0.25) is 0 Å². The molecule has 4 fully saturated rings. The predicted octanol–water partition coefficient (Wildman–Crippen LogP) is 0.595. The highest BCUT2D eigenvalue weighted by Crippen LogP contribution is 2.57. The Kier molecular flexibility index (Phi) is 4.01. The molecule has 0 spiro atoms. The van der Waals surface area contributed by atoms with Gasteiger partial charge in [-0.25, -0.2) is 0 Å². The number of hydrogen-bond acceptors (Lipinski definition) is 2. The van der Waals surface area contributed by atoms with E-state index in [0.29, 0.717) is 0 Å². The second kappa shape index (κ2) is 5.52. The lowest BCUT2D eigenvalue weighted by Gasteiger charge is -2.51. The first-order chi connectivity index (χ1) is 9.63. The summed E-state index contributed by atoms with van der Waals surface area (Å²) in [7, 11) is 2.00. The fraction of sp³-hybridized carbons (Fsp3) is 0.647. The SMILES string of the molecule is CN1C=CC(=C[N+](=O)C23CC4CC(CC(C4)C2)C3)C=C1.[I-]. The largest absolute Gasteiger partial charge is 1.00 e. The fourth-order valence-electron chi connectivity index (χ4n) is 5.21. The number of nitroso groups, excluding NO2 is 1. The average Bonchev–Trinajstić information content (AvgIpc) is 2.40. The van der Waals surface area contributed by atoms with Gasteiger partial charge in [-0.1, -0.05) is 0 Å². The number of nitrogens with zero attached hydrogens (tertiary/aromatic N) is 2. The third-order valence-corrected chi connectivity index (χ3v) is 5.74. The Morgan fingerprint density at radius 2 is 1.57 bits per heavy atom. The maximum absolute atomic E-state index is 12.8. The number of halogens is 1. The smallest absolute Gasteiger partial charge is 0.228 e. The van der Waals surface area contributed by atoms with Crippen molar-refractivity contribution >= 4 is 0 Å². The molecule has 0 unspecified atom stereocenters. The first kappa shape index (κ1) is 15.3. The molecule has 21 heavy (non-hydrogen) atoms. The first-order valence-corrected chi connectivity index (χ1v) is 7.90. The van der Waals surface area contributed by atoms with Gasteiger partial charge in [0.1, 0.15) is 0 Å². The van der Waals surface area contributed by atoms with Crippen LogP contribution in [0.25, 0.3) is 0 Å². The van der Waals surface area contributed by atoms with Crippen molar-refractivity contribution in [2.24, 2.45) is 17.8 Å². The van der Waals surface area contributed by atoms with Crippen LogP contribution in [0.5, 0.6) is 0 Å². The minimum absolute atomic E-state index is 0. The monoisotopic (exact) mass is 398 g/mol. The molecule has 0 radical (unpaired) electrons. The van der Waals surface area contributed by atoms with Crippen molar-refractivity contribution in [1.29, 1.82) is 0 Å². The van der Waals surface area contributed by atoms with Gasteiger partial charge < -0.3 is 28.9 Å². The molecule has 5 aliphatic rings. The van der Waals surface area contributed by atoms with Crippen LogP contribution in [0.1, 0.15) is 38.5 Å². The summed E-state index contributed by atoms with van der Waals surface area (Å²) in [5.74, 6) is 2.46. The van der Waals surface area contributed by atoms with Crippen LogP contribution in [-0.2, 0) is 0 Å². The van der Waals surface area contributed by atoms with Crippen molar-refractivity contribution in [2.75, 3.05) is 7.05 Å². The molecular formula is C17H23IN2O. The van der Waals surface area contributed by atoms with E-state index in [1.165, 1.54) is 24.0 Å². The molecule has 4 heteroatoms. The molecule has 0 aromatic carbocycles. The van der Waals surface area contributed by atoms with Gasteiger partial charge in [0.05, 0.1) is 0 Å². The molecule has 5 rings (SSSR count). The maximum atomic E-state index is 12.8. The average molecular weight is 398 g/mol. The summed E-state index contributed by atoms with van der Waals surface area (Å²) in [6.07, 6.45) is 17.4. The normalized spacial score (nSPS) is 39.4. The van der Waals surface area contributed by atoms with E-state index in [1.807, 2.05) is 42.7 Å². The standard InChI is InChI=1S/C17H23N2O.HI/c1-18-4-2-13(3-5-18)12-19(20)17-9-14-6-15(10-17)8-16(7-14)11-17;/h2-5,12,14-16H,6-11H2,1H3;1H/q+1;/p-1. The van der Waals surface area contributed by atoms with Gasteiger partial charge >= 0.3 is 0 Å². The zero-order valence-corrected chi connectivity index (χ0v) is 14.7. The number of hydrogen-bond donors (Lipinski definition) is 0. The van der Waals surface area contributed by atoms with Gasteiger partial charge in [0.25, 0.3) is 0 Å². The summed E-state index contributed by atoms with van der Waals surface area (Å²) < 4.78 is 1.33.